The number of primary amides is 1. The lowest BCUT2D eigenvalue weighted by molar-refractivity contribution is 0.0949. The van der Waals surface area contributed by atoms with Crippen molar-refractivity contribution < 1.29 is 19.1 Å². The van der Waals surface area contributed by atoms with Crippen molar-refractivity contribution in [2.24, 2.45) is 5.73 Å². The number of nitrogens with zero attached hydrogens (tertiary/aromatic N) is 2. The third-order valence-electron chi connectivity index (χ3n) is 4.59. The molecule has 0 aliphatic carbocycles. The molecule has 0 fully saturated rings. The van der Waals surface area contributed by atoms with Crippen LogP contribution in [0.1, 0.15) is 37.7 Å². The average Bonchev–Trinajstić information content (AvgIpc) is 2.78. The molecule has 0 atom stereocenters. The Morgan fingerprint density at radius 3 is 2.61 bits per heavy atom. The number of ether oxygens (including phenoxy) is 2. The molecule has 160 valence electrons. The van der Waals surface area contributed by atoms with Crippen LogP contribution in [0.4, 0.5) is 5.82 Å². The zero-order chi connectivity index (χ0) is 22.4. The lowest BCUT2D eigenvalue weighted by Gasteiger charge is -2.12. The van der Waals surface area contributed by atoms with E-state index >= 15 is 0 Å². The Hall–Kier alpha value is -4.14. The molecule has 0 unspecified atom stereocenters. The first-order valence-electron chi connectivity index (χ1n) is 9.40. The van der Waals surface area contributed by atoms with Gasteiger partial charge in [-0.25, -0.2) is 9.97 Å². The summed E-state index contributed by atoms with van der Waals surface area (Å²) in [5, 5.41) is 2.88. The number of hydrogen-bond donors (Lipinski definition) is 3. The van der Waals surface area contributed by atoms with Gasteiger partial charge in [0.25, 0.3) is 11.8 Å². The van der Waals surface area contributed by atoms with Crippen LogP contribution in [0.5, 0.6) is 11.5 Å². The maximum atomic E-state index is 12.7. The van der Waals surface area contributed by atoms with Gasteiger partial charge in [-0.1, -0.05) is 12.1 Å². The molecule has 5 N–H and O–H groups in total. The molecule has 0 saturated carbocycles. The summed E-state index contributed by atoms with van der Waals surface area (Å²) < 4.78 is 10.5. The second-order valence-corrected chi connectivity index (χ2v) is 6.70. The Balaban J connectivity index is 1.71. The van der Waals surface area contributed by atoms with E-state index in [0.717, 1.165) is 11.1 Å². The molecule has 3 aromatic rings. The number of carbonyl (C=O) groups is 2. The molecule has 0 spiro atoms. The summed E-state index contributed by atoms with van der Waals surface area (Å²) in [6, 6.07) is 12.5. The van der Waals surface area contributed by atoms with Crippen molar-refractivity contribution in [1.29, 1.82) is 0 Å². The molecule has 9 heteroatoms. The zero-order valence-corrected chi connectivity index (χ0v) is 17.2. The average molecular weight is 421 g/mol. The van der Waals surface area contributed by atoms with Gasteiger partial charge in [-0.05, 0) is 29.8 Å². The number of anilines is 1. The monoisotopic (exact) mass is 421 g/mol. The highest BCUT2D eigenvalue weighted by atomic mass is 16.5. The topological polar surface area (TPSA) is 142 Å². The van der Waals surface area contributed by atoms with Gasteiger partial charge >= 0.3 is 0 Å². The number of aromatic nitrogens is 2. The van der Waals surface area contributed by atoms with Crippen LogP contribution in [0.3, 0.4) is 0 Å². The maximum Gasteiger partial charge on any atom is 0.271 e. The molecule has 2 amide bonds. The highest BCUT2D eigenvalue weighted by Gasteiger charge is 2.12. The number of methoxy groups -OCH3 is 2. The van der Waals surface area contributed by atoms with Gasteiger partial charge in [0.05, 0.1) is 26.1 Å². The predicted molar refractivity (Wildman–Crippen MR) is 115 cm³/mol. The standard InChI is InChI=1S/C22H23N5O4/c1-30-17-7-6-15(18(10-17)31-2)11-26-22(29)14-5-3-4-13(8-14)9-16-12-25-20(23)19(27-16)21(24)28/h3-8,10,12H,9,11H2,1-2H3,(H2,23,25)(H2,24,28)(H,26,29). The largest absolute Gasteiger partial charge is 0.497 e. The first-order chi connectivity index (χ1) is 14.9. The minimum absolute atomic E-state index is 0.0154. The van der Waals surface area contributed by atoms with Gasteiger partial charge in [-0.3, -0.25) is 9.59 Å². The van der Waals surface area contributed by atoms with E-state index in [1.807, 2.05) is 12.1 Å². The van der Waals surface area contributed by atoms with E-state index in [1.165, 1.54) is 6.20 Å². The summed E-state index contributed by atoms with van der Waals surface area (Å²) in [6.45, 7) is 0.293. The molecule has 9 nitrogen and oxygen atoms in total. The molecule has 2 aromatic carbocycles. The molecule has 1 aromatic heterocycles. The number of hydrogen-bond acceptors (Lipinski definition) is 7. The molecule has 0 aliphatic rings. The van der Waals surface area contributed by atoms with Crippen LogP contribution in [0, 0.1) is 0 Å². The summed E-state index contributed by atoms with van der Waals surface area (Å²) in [5.74, 6) is 0.304. The third-order valence-corrected chi connectivity index (χ3v) is 4.59. The summed E-state index contributed by atoms with van der Waals surface area (Å²) in [5.41, 5.74) is 13.5. The molecular weight excluding hydrogens is 398 g/mol. The molecule has 3 rings (SSSR count). The van der Waals surface area contributed by atoms with Crippen LogP contribution < -0.4 is 26.3 Å². The van der Waals surface area contributed by atoms with Gasteiger partial charge < -0.3 is 26.3 Å². The Labute approximate surface area is 179 Å². The Morgan fingerprint density at radius 2 is 1.90 bits per heavy atom. The Bertz CT molecular complexity index is 1120. The van der Waals surface area contributed by atoms with E-state index in [4.69, 9.17) is 20.9 Å². The van der Waals surface area contributed by atoms with Crippen LogP contribution in [0.25, 0.3) is 0 Å². The van der Waals surface area contributed by atoms with Crippen molar-refractivity contribution in [3.05, 3.63) is 76.7 Å². The van der Waals surface area contributed by atoms with E-state index in [1.54, 1.807) is 44.6 Å². The van der Waals surface area contributed by atoms with E-state index in [-0.39, 0.29) is 17.4 Å². The number of nitrogen functional groups attached to an aromatic ring is 1. The highest BCUT2D eigenvalue weighted by Crippen LogP contribution is 2.24. The first kappa shape index (κ1) is 21.6. The summed E-state index contributed by atoms with van der Waals surface area (Å²) >= 11 is 0. The fourth-order valence-electron chi connectivity index (χ4n) is 3.01. The van der Waals surface area contributed by atoms with Crippen molar-refractivity contribution >= 4 is 17.6 Å². The minimum Gasteiger partial charge on any atom is -0.497 e. The fraction of sp³-hybridized carbons (Fsp3) is 0.182. The number of rotatable bonds is 8. The van der Waals surface area contributed by atoms with Crippen LogP contribution in [0.15, 0.2) is 48.7 Å². The van der Waals surface area contributed by atoms with Gasteiger partial charge in [-0.2, -0.15) is 0 Å². The zero-order valence-electron chi connectivity index (χ0n) is 17.2. The van der Waals surface area contributed by atoms with Crippen molar-refractivity contribution in [3.8, 4) is 11.5 Å². The predicted octanol–water partition coefficient (Wildman–Crippen LogP) is 1.70. The molecule has 0 bridgehead atoms. The lowest BCUT2D eigenvalue weighted by atomic mass is 10.1. The highest BCUT2D eigenvalue weighted by molar-refractivity contribution is 5.95. The molecule has 0 saturated heterocycles. The SMILES string of the molecule is COc1ccc(CNC(=O)c2cccc(Cc3cnc(N)c(C(N)=O)n3)c2)c(OC)c1. The minimum atomic E-state index is -0.742. The number of benzene rings is 2. The second kappa shape index (κ2) is 9.57. The van der Waals surface area contributed by atoms with E-state index < -0.39 is 5.91 Å². The van der Waals surface area contributed by atoms with Crippen LogP contribution in [-0.4, -0.2) is 36.0 Å². The first-order valence-corrected chi connectivity index (χ1v) is 9.40. The van der Waals surface area contributed by atoms with E-state index in [0.29, 0.717) is 35.7 Å². The lowest BCUT2D eigenvalue weighted by Crippen LogP contribution is -2.23. The van der Waals surface area contributed by atoms with Gasteiger partial charge in [0.2, 0.25) is 0 Å². The van der Waals surface area contributed by atoms with E-state index in [2.05, 4.69) is 15.3 Å². The quantitative estimate of drug-likeness (QED) is 0.502. The molecule has 0 radical (unpaired) electrons. The van der Waals surface area contributed by atoms with Crippen molar-refractivity contribution in [2.45, 2.75) is 13.0 Å². The molecule has 0 aliphatic heterocycles. The molecule has 1 heterocycles. The van der Waals surface area contributed by atoms with E-state index in [9.17, 15) is 9.59 Å². The van der Waals surface area contributed by atoms with Crippen LogP contribution in [-0.2, 0) is 13.0 Å². The van der Waals surface area contributed by atoms with Crippen LogP contribution >= 0.6 is 0 Å². The van der Waals surface area contributed by atoms with Crippen LogP contribution in [0.2, 0.25) is 0 Å². The summed E-state index contributed by atoms with van der Waals surface area (Å²) in [7, 11) is 3.14. The fourth-order valence-corrected chi connectivity index (χ4v) is 3.01. The molecular formula is C22H23N5O4. The summed E-state index contributed by atoms with van der Waals surface area (Å²) in [6.07, 6.45) is 1.84. The van der Waals surface area contributed by atoms with Gasteiger partial charge in [0.1, 0.15) is 11.5 Å². The Kier molecular flexibility index (Phi) is 6.66. The normalized spacial score (nSPS) is 10.4. The van der Waals surface area contributed by atoms with Gasteiger partial charge in [0.15, 0.2) is 11.5 Å². The summed E-state index contributed by atoms with van der Waals surface area (Å²) in [4.78, 5) is 32.2. The van der Waals surface area contributed by atoms with Gasteiger partial charge in [-0.15, -0.1) is 0 Å². The van der Waals surface area contributed by atoms with Crippen molar-refractivity contribution in [1.82, 2.24) is 15.3 Å². The van der Waals surface area contributed by atoms with Gasteiger partial charge in [0, 0.05) is 30.2 Å². The smallest absolute Gasteiger partial charge is 0.271 e. The third kappa shape index (κ3) is 5.27. The van der Waals surface area contributed by atoms with Crippen molar-refractivity contribution in [2.75, 3.05) is 20.0 Å². The maximum absolute atomic E-state index is 12.7. The van der Waals surface area contributed by atoms with Crippen molar-refractivity contribution in [3.63, 3.8) is 0 Å². The number of nitrogens with one attached hydrogen (secondary N) is 1. The second-order valence-electron chi connectivity index (χ2n) is 6.70. The number of nitrogens with two attached hydrogens (primary N) is 2. The Morgan fingerprint density at radius 1 is 1.10 bits per heavy atom. The number of carbonyl (C=O) groups excluding carboxylic acids is 2. The molecule has 31 heavy (non-hydrogen) atoms. The number of amides is 2.